The third-order valence-electron chi connectivity index (χ3n) is 4.93. The van der Waals surface area contributed by atoms with Crippen molar-refractivity contribution in [2.45, 2.75) is 38.3 Å². The summed E-state index contributed by atoms with van der Waals surface area (Å²) in [5.41, 5.74) is 0. The van der Waals surface area contributed by atoms with Gasteiger partial charge in [-0.05, 0) is 43.7 Å². The van der Waals surface area contributed by atoms with Gasteiger partial charge in [0, 0.05) is 37.1 Å². The van der Waals surface area contributed by atoms with Crippen LogP contribution in [0.1, 0.15) is 30.6 Å². The molecule has 2 aliphatic rings. The Hall–Kier alpha value is -1.73. The highest BCUT2D eigenvalue weighted by Gasteiger charge is 2.23. The van der Waals surface area contributed by atoms with Gasteiger partial charge in [0.2, 0.25) is 5.95 Å². The molecule has 25 heavy (non-hydrogen) atoms. The molecule has 5 nitrogen and oxygen atoms in total. The minimum atomic E-state index is -0.324. The molecule has 0 amide bonds. The van der Waals surface area contributed by atoms with E-state index in [1.54, 1.807) is 11.3 Å². The Morgan fingerprint density at radius 1 is 1.24 bits per heavy atom. The lowest BCUT2D eigenvalue weighted by atomic mass is 10.1. The lowest BCUT2D eigenvalue weighted by Gasteiger charge is -2.33. The topological polar surface area (TPSA) is 44.3 Å². The first-order valence-electron chi connectivity index (χ1n) is 9.07. The lowest BCUT2D eigenvalue weighted by molar-refractivity contribution is 0.210. The zero-order valence-electron chi connectivity index (χ0n) is 14.3. The van der Waals surface area contributed by atoms with E-state index in [1.807, 2.05) is 4.90 Å². The summed E-state index contributed by atoms with van der Waals surface area (Å²) in [6.45, 7) is 4.85. The Balaban J connectivity index is 1.40. The second-order valence-corrected chi connectivity index (χ2v) is 7.89. The number of thiophene rings is 1. The van der Waals surface area contributed by atoms with Gasteiger partial charge >= 0.3 is 0 Å². The average Bonchev–Trinajstić information content (AvgIpc) is 3.31. The van der Waals surface area contributed by atoms with Crippen molar-refractivity contribution in [3.8, 4) is 0 Å². The fourth-order valence-corrected chi connectivity index (χ4v) is 4.45. The van der Waals surface area contributed by atoms with E-state index in [9.17, 15) is 4.39 Å². The lowest BCUT2D eigenvalue weighted by Crippen LogP contribution is -2.41. The molecule has 2 aromatic rings. The van der Waals surface area contributed by atoms with Crippen LogP contribution < -0.4 is 10.2 Å². The zero-order valence-corrected chi connectivity index (χ0v) is 15.1. The van der Waals surface area contributed by atoms with Crippen LogP contribution in [0.4, 0.5) is 16.2 Å². The van der Waals surface area contributed by atoms with E-state index in [0.29, 0.717) is 17.8 Å². The SMILES string of the molecule is Fc1cnc(NC2CCCN(Cc3cccs3)C2)nc1N1CCCC1. The number of likely N-dealkylation sites (tertiary alicyclic amines) is 1. The zero-order chi connectivity index (χ0) is 17.1. The second kappa shape index (κ2) is 7.66. The molecular formula is C18H24FN5S. The quantitative estimate of drug-likeness (QED) is 0.885. The van der Waals surface area contributed by atoms with Crippen LogP contribution in [0.15, 0.2) is 23.7 Å². The van der Waals surface area contributed by atoms with Gasteiger partial charge in [0.15, 0.2) is 11.6 Å². The summed E-state index contributed by atoms with van der Waals surface area (Å²) in [5.74, 6) is 0.669. The van der Waals surface area contributed by atoms with Crippen molar-refractivity contribution in [2.24, 2.45) is 0 Å². The largest absolute Gasteiger partial charge is 0.354 e. The summed E-state index contributed by atoms with van der Waals surface area (Å²) in [4.78, 5) is 14.5. The number of aromatic nitrogens is 2. The molecule has 2 aromatic heterocycles. The molecule has 2 fully saturated rings. The van der Waals surface area contributed by atoms with Gasteiger partial charge in [-0.25, -0.2) is 9.37 Å². The Bertz CT molecular complexity index is 687. The predicted molar refractivity (Wildman–Crippen MR) is 99.7 cm³/mol. The molecule has 0 bridgehead atoms. The molecule has 1 N–H and O–H groups in total. The molecule has 0 aromatic carbocycles. The second-order valence-electron chi connectivity index (χ2n) is 6.86. The van der Waals surface area contributed by atoms with Gasteiger partial charge in [-0.2, -0.15) is 4.98 Å². The number of hydrogen-bond acceptors (Lipinski definition) is 6. The van der Waals surface area contributed by atoms with Gasteiger partial charge in [-0.15, -0.1) is 11.3 Å². The van der Waals surface area contributed by atoms with E-state index in [1.165, 1.54) is 11.1 Å². The number of halogens is 1. The van der Waals surface area contributed by atoms with Crippen molar-refractivity contribution >= 4 is 23.1 Å². The third kappa shape index (κ3) is 4.10. The van der Waals surface area contributed by atoms with Crippen molar-refractivity contribution in [3.05, 3.63) is 34.4 Å². The fraction of sp³-hybridized carbons (Fsp3) is 0.556. The molecule has 1 atom stereocenters. The Morgan fingerprint density at radius 2 is 2.12 bits per heavy atom. The van der Waals surface area contributed by atoms with Gasteiger partial charge in [-0.1, -0.05) is 6.07 Å². The maximum Gasteiger partial charge on any atom is 0.225 e. The maximum atomic E-state index is 14.1. The molecule has 0 radical (unpaired) electrons. The van der Waals surface area contributed by atoms with Crippen LogP contribution in [0, 0.1) is 5.82 Å². The monoisotopic (exact) mass is 361 g/mol. The highest BCUT2D eigenvalue weighted by atomic mass is 32.1. The van der Waals surface area contributed by atoms with E-state index in [4.69, 9.17) is 0 Å². The van der Waals surface area contributed by atoms with Crippen LogP contribution in [0.25, 0.3) is 0 Å². The van der Waals surface area contributed by atoms with E-state index in [0.717, 1.165) is 58.4 Å². The minimum absolute atomic E-state index is 0.311. The van der Waals surface area contributed by atoms with Crippen molar-refractivity contribution < 1.29 is 4.39 Å². The maximum absolute atomic E-state index is 14.1. The smallest absolute Gasteiger partial charge is 0.225 e. The molecular weight excluding hydrogens is 337 g/mol. The molecule has 4 rings (SSSR count). The van der Waals surface area contributed by atoms with Gasteiger partial charge in [-0.3, -0.25) is 4.90 Å². The number of hydrogen-bond donors (Lipinski definition) is 1. The fourth-order valence-electron chi connectivity index (χ4n) is 3.70. The molecule has 7 heteroatoms. The van der Waals surface area contributed by atoms with Crippen LogP contribution >= 0.6 is 11.3 Å². The van der Waals surface area contributed by atoms with Crippen LogP contribution in [0.2, 0.25) is 0 Å². The van der Waals surface area contributed by atoms with Gasteiger partial charge in [0.25, 0.3) is 0 Å². The first kappa shape index (κ1) is 16.7. The summed E-state index contributed by atoms with van der Waals surface area (Å²) in [6, 6.07) is 4.60. The number of piperidine rings is 1. The van der Waals surface area contributed by atoms with Crippen LogP contribution in [-0.4, -0.2) is 47.1 Å². The minimum Gasteiger partial charge on any atom is -0.354 e. The Labute approximate surface area is 151 Å². The van der Waals surface area contributed by atoms with Gasteiger partial charge in [0.1, 0.15) is 0 Å². The van der Waals surface area contributed by atoms with Crippen molar-refractivity contribution in [2.75, 3.05) is 36.4 Å². The predicted octanol–water partition coefficient (Wildman–Crippen LogP) is 3.35. The normalized spacial score (nSPS) is 21.6. The number of nitrogens with one attached hydrogen (secondary N) is 1. The van der Waals surface area contributed by atoms with Crippen LogP contribution in [-0.2, 0) is 6.54 Å². The summed E-state index contributed by atoms with van der Waals surface area (Å²) < 4.78 is 14.1. The first-order chi connectivity index (χ1) is 12.3. The molecule has 4 heterocycles. The molecule has 0 saturated carbocycles. The van der Waals surface area contributed by atoms with Crippen LogP contribution in [0.3, 0.4) is 0 Å². The number of nitrogens with zero attached hydrogens (tertiary/aromatic N) is 4. The third-order valence-corrected chi connectivity index (χ3v) is 5.79. The van der Waals surface area contributed by atoms with E-state index in [2.05, 4.69) is 37.7 Å². The molecule has 2 saturated heterocycles. The van der Waals surface area contributed by atoms with Crippen molar-refractivity contribution in [1.82, 2.24) is 14.9 Å². The molecule has 1 unspecified atom stereocenters. The van der Waals surface area contributed by atoms with E-state index < -0.39 is 0 Å². The number of rotatable bonds is 5. The highest BCUT2D eigenvalue weighted by Crippen LogP contribution is 2.23. The Morgan fingerprint density at radius 3 is 2.92 bits per heavy atom. The van der Waals surface area contributed by atoms with E-state index >= 15 is 0 Å². The average molecular weight is 361 g/mol. The summed E-state index contributed by atoms with van der Waals surface area (Å²) in [7, 11) is 0. The summed E-state index contributed by atoms with van der Waals surface area (Å²) >= 11 is 1.81. The highest BCUT2D eigenvalue weighted by molar-refractivity contribution is 7.09. The standard InChI is InChI=1S/C18H24FN5S/c19-16-11-20-18(22-17(16)24-8-1-2-9-24)21-14-5-3-7-23(12-14)13-15-6-4-10-25-15/h4,6,10-11,14H,1-3,5,7-9,12-13H2,(H,20,21,22). The van der Waals surface area contributed by atoms with Crippen molar-refractivity contribution in [3.63, 3.8) is 0 Å². The number of anilines is 2. The molecule has 0 aliphatic carbocycles. The van der Waals surface area contributed by atoms with E-state index in [-0.39, 0.29) is 5.82 Å². The van der Waals surface area contributed by atoms with Crippen molar-refractivity contribution in [1.29, 1.82) is 0 Å². The molecule has 0 spiro atoms. The van der Waals surface area contributed by atoms with Gasteiger partial charge < -0.3 is 10.2 Å². The Kier molecular flexibility index (Phi) is 5.12. The molecule has 2 aliphatic heterocycles. The van der Waals surface area contributed by atoms with Gasteiger partial charge in [0.05, 0.1) is 6.20 Å². The molecule has 134 valence electrons. The summed E-state index contributed by atoms with van der Waals surface area (Å²) in [5, 5.41) is 5.55. The van der Waals surface area contributed by atoms with Crippen LogP contribution in [0.5, 0.6) is 0 Å². The first-order valence-corrected chi connectivity index (χ1v) is 9.94. The summed E-state index contributed by atoms with van der Waals surface area (Å²) in [6.07, 6.45) is 5.76.